The number of methoxy groups -OCH3 is 1. The highest BCUT2D eigenvalue weighted by Gasteiger charge is 2.36. The fourth-order valence-corrected chi connectivity index (χ4v) is 6.49. The van der Waals surface area contributed by atoms with E-state index in [0.29, 0.717) is 35.1 Å². The first-order valence-corrected chi connectivity index (χ1v) is 16.3. The number of nitrogens with zero attached hydrogens (tertiary/aromatic N) is 5. The van der Waals surface area contributed by atoms with Gasteiger partial charge >= 0.3 is 13.8 Å². The Hall–Kier alpha value is -4.53. The molecule has 0 saturated carbocycles. The standard InChI is InChI=1S/C30H34F3N8O5P/c1-6-45-47(43)17-18-7-8-22(24(13-18)44-5)39-28-35-15-20(30(31,32)33)26(40-28)38-23-10-9-21(37-25(23)27(42)34-4)19-14-36-41(16-19)29(2,3)11-12-46-47/h7-10,13-16H,6,11-12,17H2,1-5H3,(H,34,42)(H2,35,38,39,40)/t47-/m1/s1. The van der Waals surface area contributed by atoms with Crippen LogP contribution >= 0.6 is 7.60 Å². The summed E-state index contributed by atoms with van der Waals surface area (Å²) < 4.78 is 74.8. The van der Waals surface area contributed by atoms with Gasteiger partial charge in [-0.15, -0.1) is 0 Å². The summed E-state index contributed by atoms with van der Waals surface area (Å²) in [5, 5.41) is 12.5. The Morgan fingerprint density at radius 3 is 2.62 bits per heavy atom. The van der Waals surface area contributed by atoms with Crippen molar-refractivity contribution in [2.45, 2.75) is 45.1 Å². The van der Waals surface area contributed by atoms with Crippen LogP contribution in [0.4, 0.5) is 36.3 Å². The first kappa shape index (κ1) is 33.8. The van der Waals surface area contributed by atoms with Gasteiger partial charge < -0.3 is 29.7 Å². The lowest BCUT2D eigenvalue weighted by Gasteiger charge is -2.26. The highest BCUT2D eigenvalue weighted by atomic mass is 31.2. The number of amides is 1. The van der Waals surface area contributed by atoms with E-state index in [-0.39, 0.29) is 42.5 Å². The zero-order chi connectivity index (χ0) is 34.0. The number of benzene rings is 1. The summed E-state index contributed by atoms with van der Waals surface area (Å²) in [5.41, 5.74) is -0.142. The summed E-state index contributed by atoms with van der Waals surface area (Å²) >= 11 is 0. The highest BCUT2D eigenvalue weighted by molar-refractivity contribution is 7.53. The van der Waals surface area contributed by atoms with Crippen LogP contribution in [-0.2, 0) is 31.5 Å². The maximum atomic E-state index is 14.1. The zero-order valence-electron chi connectivity index (χ0n) is 26.3. The molecular weight excluding hydrogens is 640 g/mol. The molecule has 1 atom stereocenters. The maximum absolute atomic E-state index is 14.1. The molecule has 4 aliphatic heterocycles. The summed E-state index contributed by atoms with van der Waals surface area (Å²) in [6, 6.07) is 7.86. The number of halogens is 3. The molecule has 8 rings (SSSR count). The van der Waals surface area contributed by atoms with Gasteiger partial charge in [-0.3, -0.25) is 14.0 Å². The third-order valence-electron chi connectivity index (χ3n) is 7.40. The van der Waals surface area contributed by atoms with Gasteiger partial charge in [-0.2, -0.15) is 23.3 Å². The fourth-order valence-electron chi connectivity index (χ4n) is 4.83. The number of anilines is 4. The minimum Gasteiger partial charge on any atom is -0.495 e. The van der Waals surface area contributed by atoms with Crippen LogP contribution in [0.5, 0.6) is 5.75 Å². The number of alkyl halides is 3. The minimum absolute atomic E-state index is 0.0177. The molecule has 0 saturated heterocycles. The number of carbonyl (C=O) groups excluding carboxylic acids is 1. The molecule has 0 aliphatic carbocycles. The molecular formula is C30H34F3N8O5P. The average molecular weight is 675 g/mol. The second-order valence-electron chi connectivity index (χ2n) is 11.2. The van der Waals surface area contributed by atoms with Crippen molar-refractivity contribution in [3.05, 3.63) is 65.7 Å². The second-order valence-corrected chi connectivity index (χ2v) is 13.2. The van der Waals surface area contributed by atoms with Crippen molar-refractivity contribution in [2.75, 3.05) is 38.0 Å². The van der Waals surface area contributed by atoms with Gasteiger partial charge in [0.2, 0.25) is 5.95 Å². The Morgan fingerprint density at radius 1 is 1.15 bits per heavy atom. The van der Waals surface area contributed by atoms with Crippen LogP contribution < -0.4 is 20.7 Å². The molecule has 3 N–H and O–H groups in total. The van der Waals surface area contributed by atoms with Crippen LogP contribution in [0.25, 0.3) is 11.3 Å². The van der Waals surface area contributed by atoms with Gasteiger partial charge in [-0.1, -0.05) is 6.07 Å². The van der Waals surface area contributed by atoms with Crippen LogP contribution in [0.2, 0.25) is 0 Å². The first-order valence-electron chi connectivity index (χ1n) is 14.6. The lowest BCUT2D eigenvalue weighted by molar-refractivity contribution is -0.137. The van der Waals surface area contributed by atoms with Crippen molar-refractivity contribution >= 4 is 36.6 Å². The highest BCUT2D eigenvalue weighted by Crippen LogP contribution is 2.52. The van der Waals surface area contributed by atoms with Gasteiger partial charge in [0, 0.05) is 25.0 Å². The third-order valence-corrected chi connectivity index (χ3v) is 9.38. The Balaban J connectivity index is 1.66. The van der Waals surface area contributed by atoms with E-state index in [1.54, 1.807) is 48.3 Å². The number of pyridine rings is 1. The molecule has 1 amide bonds. The third kappa shape index (κ3) is 7.56. The number of rotatable bonds is 4. The van der Waals surface area contributed by atoms with Crippen LogP contribution in [0.3, 0.4) is 0 Å². The molecule has 4 aliphatic rings. The molecule has 1 aromatic carbocycles. The molecule has 13 nitrogen and oxygen atoms in total. The van der Waals surface area contributed by atoms with Crippen molar-refractivity contribution in [3.8, 4) is 17.0 Å². The van der Waals surface area contributed by atoms with Crippen molar-refractivity contribution in [1.82, 2.24) is 30.0 Å². The molecule has 0 radical (unpaired) electrons. The van der Waals surface area contributed by atoms with Crippen molar-refractivity contribution < 1.29 is 36.3 Å². The number of aromatic nitrogens is 5. The predicted octanol–water partition coefficient (Wildman–Crippen LogP) is 6.49. The van der Waals surface area contributed by atoms with Gasteiger partial charge in [-0.05, 0) is 57.0 Å². The Kier molecular flexibility index (Phi) is 9.57. The normalized spacial score (nSPS) is 18.0. The molecule has 7 heterocycles. The smallest absolute Gasteiger partial charge is 0.421 e. The molecule has 0 spiro atoms. The van der Waals surface area contributed by atoms with E-state index < -0.39 is 36.6 Å². The Labute approximate surface area is 268 Å². The summed E-state index contributed by atoms with van der Waals surface area (Å²) in [5.74, 6) is -1.17. The molecule has 3 aromatic heterocycles. The van der Waals surface area contributed by atoms with Gasteiger partial charge in [0.25, 0.3) is 5.91 Å². The topological polar surface area (TPSA) is 154 Å². The van der Waals surface area contributed by atoms with Crippen LogP contribution in [0, 0.1) is 0 Å². The number of hydrogen-bond acceptors (Lipinski definition) is 11. The van der Waals surface area contributed by atoms with E-state index in [4.69, 9.17) is 13.8 Å². The lowest BCUT2D eigenvalue weighted by Crippen LogP contribution is -2.28. The van der Waals surface area contributed by atoms with Crippen molar-refractivity contribution in [1.29, 1.82) is 0 Å². The summed E-state index contributed by atoms with van der Waals surface area (Å²) in [6.45, 7) is 5.84. The minimum atomic E-state index is -4.83. The molecule has 8 bridgehead atoms. The van der Waals surface area contributed by atoms with Crippen molar-refractivity contribution in [2.24, 2.45) is 0 Å². The number of carbonyl (C=O) groups is 1. The predicted molar refractivity (Wildman–Crippen MR) is 168 cm³/mol. The number of ether oxygens (including phenoxy) is 1. The summed E-state index contributed by atoms with van der Waals surface area (Å²) in [7, 11) is -0.812. The molecule has 4 aromatic rings. The average Bonchev–Trinajstić information content (AvgIpc) is 3.52. The van der Waals surface area contributed by atoms with E-state index in [1.165, 1.54) is 20.2 Å². The largest absolute Gasteiger partial charge is 0.495 e. The van der Waals surface area contributed by atoms with Gasteiger partial charge in [0.1, 0.15) is 17.1 Å². The second kappa shape index (κ2) is 13.3. The molecule has 0 unspecified atom stereocenters. The van der Waals surface area contributed by atoms with Crippen LogP contribution in [-0.4, -0.2) is 58.0 Å². The zero-order valence-corrected chi connectivity index (χ0v) is 27.2. The Bertz CT molecular complexity index is 1830. The quantitative estimate of drug-likeness (QED) is 0.203. The number of hydrogen-bond donors (Lipinski definition) is 3. The lowest BCUT2D eigenvalue weighted by atomic mass is 10.0. The Morgan fingerprint density at radius 2 is 1.91 bits per heavy atom. The van der Waals surface area contributed by atoms with E-state index in [0.717, 1.165) is 0 Å². The van der Waals surface area contributed by atoms with Gasteiger partial charge in [0.15, 0.2) is 5.69 Å². The van der Waals surface area contributed by atoms with Gasteiger partial charge in [-0.25, -0.2) is 9.97 Å². The van der Waals surface area contributed by atoms with E-state index in [9.17, 15) is 22.5 Å². The van der Waals surface area contributed by atoms with Gasteiger partial charge in [0.05, 0.1) is 55.3 Å². The fraction of sp³-hybridized carbons (Fsp3) is 0.367. The SMILES string of the molecule is CCO[P@]1(=O)Cc2ccc(c(OC)c2)Nc2ncc(C(F)(F)F)c(n2)Nc2ccc(nc2C(=O)NC)-c2cnn(c2)C(C)(C)CCO1. The van der Waals surface area contributed by atoms with Crippen LogP contribution in [0.15, 0.2) is 48.9 Å². The summed E-state index contributed by atoms with van der Waals surface area (Å²) in [4.78, 5) is 25.4. The molecule has 250 valence electrons. The monoisotopic (exact) mass is 674 g/mol. The first-order chi connectivity index (χ1) is 22.2. The number of nitrogens with one attached hydrogen (secondary N) is 3. The maximum Gasteiger partial charge on any atom is 0.421 e. The van der Waals surface area contributed by atoms with Crippen molar-refractivity contribution in [3.63, 3.8) is 0 Å². The van der Waals surface area contributed by atoms with Crippen LogP contribution in [0.1, 0.15) is 48.8 Å². The van der Waals surface area contributed by atoms with E-state index in [2.05, 4.69) is 36.0 Å². The summed E-state index contributed by atoms with van der Waals surface area (Å²) in [6.07, 6.45) is -0.545. The van der Waals surface area contributed by atoms with E-state index >= 15 is 0 Å². The molecule has 47 heavy (non-hydrogen) atoms. The van der Waals surface area contributed by atoms with E-state index in [1.807, 2.05) is 13.8 Å². The molecule has 0 fully saturated rings. The molecule has 17 heteroatoms.